The van der Waals surface area contributed by atoms with Crippen molar-refractivity contribution in [2.24, 2.45) is 0 Å². The highest BCUT2D eigenvalue weighted by Crippen LogP contribution is 2.25. The summed E-state index contributed by atoms with van der Waals surface area (Å²) in [7, 11) is 0. The summed E-state index contributed by atoms with van der Waals surface area (Å²) in [6, 6.07) is 9.32. The van der Waals surface area contributed by atoms with E-state index in [1.165, 1.54) is 35.0 Å². The van der Waals surface area contributed by atoms with Crippen LogP contribution in [0.4, 0.5) is 0 Å². The smallest absolute Gasteiger partial charge is 0.0458 e. The van der Waals surface area contributed by atoms with Crippen molar-refractivity contribution in [2.75, 3.05) is 6.54 Å². The van der Waals surface area contributed by atoms with Crippen LogP contribution < -0.4 is 5.32 Å². The van der Waals surface area contributed by atoms with Crippen LogP contribution in [0.15, 0.2) is 24.3 Å². The van der Waals surface area contributed by atoms with Gasteiger partial charge in [0.2, 0.25) is 0 Å². The Balaban J connectivity index is 2.00. The third-order valence-electron chi connectivity index (χ3n) is 3.80. The van der Waals surface area contributed by atoms with Gasteiger partial charge in [-0.2, -0.15) is 0 Å². The molecule has 0 fully saturated rings. The highest BCUT2D eigenvalue weighted by atomic mass is 14.9. The standard InChI is InChI=1S/C15H20N2/c1-2-5-11-10-15-13(8-9-16-11)12-6-3-4-7-14(12)17-15/h3-4,6-7,11,16-17H,2,5,8-10H2,1H3. The van der Waals surface area contributed by atoms with Gasteiger partial charge in [0.25, 0.3) is 0 Å². The van der Waals surface area contributed by atoms with Gasteiger partial charge in [-0.25, -0.2) is 0 Å². The minimum Gasteiger partial charge on any atom is -0.358 e. The van der Waals surface area contributed by atoms with Crippen molar-refractivity contribution in [1.82, 2.24) is 10.3 Å². The first-order valence-corrected chi connectivity index (χ1v) is 6.70. The number of benzene rings is 1. The largest absolute Gasteiger partial charge is 0.358 e. The SMILES string of the molecule is CCCC1Cc2[nH]c3ccccc3c2CCN1. The lowest BCUT2D eigenvalue weighted by molar-refractivity contribution is 0.486. The average Bonchev–Trinajstić information content (AvgIpc) is 2.55. The molecule has 1 aliphatic rings. The van der Waals surface area contributed by atoms with Gasteiger partial charge in [0, 0.05) is 29.1 Å². The van der Waals surface area contributed by atoms with E-state index < -0.39 is 0 Å². The Morgan fingerprint density at radius 1 is 1.29 bits per heavy atom. The fourth-order valence-corrected chi connectivity index (χ4v) is 2.99. The number of nitrogens with one attached hydrogen (secondary N) is 2. The third-order valence-corrected chi connectivity index (χ3v) is 3.80. The number of H-pyrrole nitrogens is 1. The second-order valence-corrected chi connectivity index (χ2v) is 5.02. The van der Waals surface area contributed by atoms with Crippen molar-refractivity contribution >= 4 is 10.9 Å². The predicted octanol–water partition coefficient (Wildman–Crippen LogP) is 3.02. The van der Waals surface area contributed by atoms with Gasteiger partial charge in [0.1, 0.15) is 0 Å². The van der Waals surface area contributed by atoms with Gasteiger partial charge in [0.15, 0.2) is 0 Å². The van der Waals surface area contributed by atoms with Gasteiger partial charge < -0.3 is 10.3 Å². The molecule has 0 saturated carbocycles. The first kappa shape index (κ1) is 10.8. The van der Waals surface area contributed by atoms with Crippen molar-refractivity contribution < 1.29 is 0 Å². The Hall–Kier alpha value is -1.28. The molecular formula is C15H20N2. The molecule has 17 heavy (non-hydrogen) atoms. The molecular weight excluding hydrogens is 208 g/mol. The van der Waals surface area contributed by atoms with E-state index in [0.717, 1.165) is 19.4 Å². The molecule has 1 aromatic heterocycles. The van der Waals surface area contributed by atoms with Crippen molar-refractivity contribution in [1.29, 1.82) is 0 Å². The minimum atomic E-state index is 0.648. The zero-order valence-corrected chi connectivity index (χ0v) is 10.4. The molecule has 2 nitrogen and oxygen atoms in total. The number of para-hydroxylation sites is 1. The molecule has 2 heterocycles. The molecule has 0 spiro atoms. The summed E-state index contributed by atoms with van der Waals surface area (Å²) in [4.78, 5) is 3.60. The molecule has 2 heteroatoms. The molecule has 3 rings (SSSR count). The van der Waals surface area contributed by atoms with Crippen LogP contribution in [0.2, 0.25) is 0 Å². The van der Waals surface area contributed by atoms with Crippen LogP contribution in [0.25, 0.3) is 10.9 Å². The van der Waals surface area contributed by atoms with Crippen molar-refractivity contribution in [3.8, 4) is 0 Å². The van der Waals surface area contributed by atoms with Crippen molar-refractivity contribution in [3.63, 3.8) is 0 Å². The van der Waals surface area contributed by atoms with Gasteiger partial charge in [-0.15, -0.1) is 0 Å². The highest BCUT2D eigenvalue weighted by Gasteiger charge is 2.18. The summed E-state index contributed by atoms with van der Waals surface area (Å²) in [5.41, 5.74) is 4.29. The second kappa shape index (κ2) is 4.53. The van der Waals surface area contributed by atoms with Crippen molar-refractivity contribution in [2.45, 2.75) is 38.6 Å². The predicted molar refractivity (Wildman–Crippen MR) is 72.4 cm³/mol. The van der Waals surface area contributed by atoms with Crippen LogP contribution in [-0.4, -0.2) is 17.6 Å². The monoisotopic (exact) mass is 228 g/mol. The van der Waals surface area contributed by atoms with E-state index in [-0.39, 0.29) is 0 Å². The van der Waals surface area contributed by atoms with Crippen LogP contribution >= 0.6 is 0 Å². The number of aromatic nitrogens is 1. The number of hydrogen-bond acceptors (Lipinski definition) is 1. The van der Waals surface area contributed by atoms with E-state index in [0.29, 0.717) is 6.04 Å². The van der Waals surface area contributed by atoms with E-state index in [1.807, 2.05) is 0 Å². The molecule has 0 saturated heterocycles. The Bertz CT molecular complexity index is 513. The van der Waals surface area contributed by atoms with Crippen LogP contribution in [0, 0.1) is 0 Å². The van der Waals surface area contributed by atoms with E-state index in [1.54, 1.807) is 0 Å². The molecule has 90 valence electrons. The number of fused-ring (bicyclic) bond motifs is 3. The van der Waals surface area contributed by atoms with Gasteiger partial charge in [-0.1, -0.05) is 31.5 Å². The van der Waals surface area contributed by atoms with E-state index >= 15 is 0 Å². The quantitative estimate of drug-likeness (QED) is 0.812. The summed E-state index contributed by atoms with van der Waals surface area (Å²) in [5.74, 6) is 0. The van der Waals surface area contributed by atoms with Gasteiger partial charge in [-0.3, -0.25) is 0 Å². The minimum absolute atomic E-state index is 0.648. The molecule has 0 aliphatic carbocycles. The zero-order valence-electron chi connectivity index (χ0n) is 10.4. The maximum Gasteiger partial charge on any atom is 0.0458 e. The molecule has 0 radical (unpaired) electrons. The van der Waals surface area contributed by atoms with E-state index in [9.17, 15) is 0 Å². The Morgan fingerprint density at radius 2 is 2.18 bits per heavy atom. The fraction of sp³-hybridized carbons (Fsp3) is 0.467. The molecule has 1 atom stereocenters. The van der Waals surface area contributed by atoms with Crippen LogP contribution in [-0.2, 0) is 12.8 Å². The van der Waals surface area contributed by atoms with Crippen molar-refractivity contribution in [3.05, 3.63) is 35.5 Å². The molecule has 2 N–H and O–H groups in total. The summed E-state index contributed by atoms with van der Waals surface area (Å²) in [5, 5.41) is 5.08. The lowest BCUT2D eigenvalue weighted by Crippen LogP contribution is -2.30. The maximum absolute atomic E-state index is 3.66. The van der Waals surface area contributed by atoms with Gasteiger partial charge in [0.05, 0.1) is 0 Å². The first-order chi connectivity index (χ1) is 8.38. The molecule has 0 bridgehead atoms. The Morgan fingerprint density at radius 3 is 3.06 bits per heavy atom. The highest BCUT2D eigenvalue weighted by molar-refractivity contribution is 5.84. The normalized spacial score (nSPS) is 20.2. The summed E-state index contributed by atoms with van der Waals surface area (Å²) in [6.07, 6.45) is 4.83. The number of aromatic amines is 1. The van der Waals surface area contributed by atoms with Gasteiger partial charge in [-0.05, 0) is 31.0 Å². The fourth-order valence-electron chi connectivity index (χ4n) is 2.99. The zero-order chi connectivity index (χ0) is 11.7. The number of hydrogen-bond donors (Lipinski definition) is 2. The lowest BCUT2D eigenvalue weighted by atomic mass is 10.0. The number of rotatable bonds is 2. The van der Waals surface area contributed by atoms with Crippen LogP contribution in [0.1, 0.15) is 31.0 Å². The summed E-state index contributed by atoms with van der Waals surface area (Å²) >= 11 is 0. The maximum atomic E-state index is 3.66. The molecule has 2 aromatic rings. The Kier molecular flexibility index (Phi) is 2.89. The molecule has 0 amide bonds. The lowest BCUT2D eigenvalue weighted by Gasteiger charge is -2.14. The summed E-state index contributed by atoms with van der Waals surface area (Å²) in [6.45, 7) is 3.37. The van der Waals surface area contributed by atoms with E-state index in [4.69, 9.17) is 0 Å². The molecule has 1 aromatic carbocycles. The molecule has 1 unspecified atom stereocenters. The van der Waals surface area contributed by atoms with Crippen LogP contribution in [0.5, 0.6) is 0 Å². The second-order valence-electron chi connectivity index (χ2n) is 5.02. The third kappa shape index (κ3) is 1.98. The average molecular weight is 228 g/mol. The molecule has 1 aliphatic heterocycles. The van der Waals surface area contributed by atoms with E-state index in [2.05, 4.69) is 41.5 Å². The van der Waals surface area contributed by atoms with Crippen LogP contribution in [0.3, 0.4) is 0 Å². The Labute approximate surface area is 102 Å². The van der Waals surface area contributed by atoms with Gasteiger partial charge >= 0.3 is 0 Å². The topological polar surface area (TPSA) is 27.8 Å². The first-order valence-electron chi connectivity index (χ1n) is 6.70. The summed E-state index contributed by atoms with van der Waals surface area (Å²) < 4.78 is 0.